The Balaban J connectivity index is 3.18. The summed E-state index contributed by atoms with van der Waals surface area (Å²) in [6.07, 6.45) is 1.90. The molecule has 3 N–H and O–H groups in total. The molecular formula is C11H21N3. The molecule has 0 spiro atoms. The molecule has 0 aromatic carbocycles. The lowest BCUT2D eigenvalue weighted by molar-refractivity contribution is 0.497. The van der Waals surface area contributed by atoms with E-state index in [2.05, 4.69) is 44.8 Å². The molecule has 0 unspecified atom stereocenters. The van der Waals surface area contributed by atoms with E-state index in [4.69, 9.17) is 5.73 Å². The van der Waals surface area contributed by atoms with Gasteiger partial charge < -0.3 is 5.73 Å². The molecule has 0 bridgehead atoms. The fourth-order valence-corrected chi connectivity index (χ4v) is 1.48. The number of nitrogens with two attached hydrogens (primary N) is 1. The van der Waals surface area contributed by atoms with E-state index in [1.165, 1.54) is 11.3 Å². The Labute approximate surface area is 86.1 Å². The largest absolute Gasteiger partial charge is 0.330 e. The van der Waals surface area contributed by atoms with Gasteiger partial charge in [0.1, 0.15) is 0 Å². The molecule has 0 radical (unpaired) electrons. The third kappa shape index (κ3) is 1.98. The first kappa shape index (κ1) is 11.2. The quantitative estimate of drug-likeness (QED) is 0.757. The summed E-state index contributed by atoms with van der Waals surface area (Å²) >= 11 is 0. The van der Waals surface area contributed by atoms with Crippen LogP contribution in [-0.4, -0.2) is 16.7 Å². The molecule has 80 valence electrons. The van der Waals surface area contributed by atoms with Gasteiger partial charge in [-0.3, -0.25) is 5.10 Å². The minimum atomic E-state index is -0.00435. The fraction of sp³-hybridized carbons (Fsp3) is 0.727. The minimum absolute atomic E-state index is 0.00435. The molecule has 3 nitrogen and oxygen atoms in total. The SMILES string of the molecule is CC(C)(C)c1[nH]ncc1C(C)(C)CN. The van der Waals surface area contributed by atoms with E-state index >= 15 is 0 Å². The summed E-state index contributed by atoms with van der Waals surface area (Å²) < 4.78 is 0. The highest BCUT2D eigenvalue weighted by atomic mass is 15.1. The van der Waals surface area contributed by atoms with E-state index in [9.17, 15) is 0 Å². The van der Waals surface area contributed by atoms with Crippen molar-refractivity contribution in [2.45, 2.75) is 45.4 Å². The molecule has 0 aliphatic rings. The number of nitrogens with zero attached hydrogens (tertiary/aromatic N) is 1. The van der Waals surface area contributed by atoms with Gasteiger partial charge in [-0.1, -0.05) is 34.6 Å². The van der Waals surface area contributed by atoms with Crippen LogP contribution in [0.15, 0.2) is 6.20 Å². The molecule has 3 heteroatoms. The topological polar surface area (TPSA) is 54.7 Å². The van der Waals surface area contributed by atoms with Gasteiger partial charge in [0, 0.05) is 28.6 Å². The zero-order valence-electron chi connectivity index (χ0n) is 9.81. The van der Waals surface area contributed by atoms with Gasteiger partial charge in [-0.05, 0) is 0 Å². The van der Waals surface area contributed by atoms with Crippen LogP contribution >= 0.6 is 0 Å². The van der Waals surface area contributed by atoms with Crippen LogP contribution in [0.2, 0.25) is 0 Å². The van der Waals surface area contributed by atoms with Gasteiger partial charge in [0.2, 0.25) is 0 Å². The molecule has 0 saturated heterocycles. The summed E-state index contributed by atoms with van der Waals surface area (Å²) in [5, 5.41) is 7.20. The Bertz CT molecular complexity index is 305. The number of aromatic amines is 1. The smallest absolute Gasteiger partial charge is 0.0528 e. The Kier molecular flexibility index (Phi) is 2.72. The van der Waals surface area contributed by atoms with Crippen molar-refractivity contribution < 1.29 is 0 Å². The van der Waals surface area contributed by atoms with Crippen LogP contribution in [0.1, 0.15) is 45.9 Å². The van der Waals surface area contributed by atoms with Crippen molar-refractivity contribution in [3.05, 3.63) is 17.5 Å². The van der Waals surface area contributed by atoms with E-state index in [1.807, 2.05) is 6.20 Å². The van der Waals surface area contributed by atoms with E-state index < -0.39 is 0 Å². The highest BCUT2D eigenvalue weighted by molar-refractivity contribution is 5.30. The second-order valence-electron chi connectivity index (χ2n) is 5.50. The van der Waals surface area contributed by atoms with Crippen LogP contribution in [-0.2, 0) is 10.8 Å². The van der Waals surface area contributed by atoms with Crippen molar-refractivity contribution in [2.24, 2.45) is 5.73 Å². The first-order chi connectivity index (χ1) is 6.29. The summed E-state index contributed by atoms with van der Waals surface area (Å²) in [5.74, 6) is 0. The van der Waals surface area contributed by atoms with Gasteiger partial charge in [-0.15, -0.1) is 0 Å². The predicted octanol–water partition coefficient (Wildman–Crippen LogP) is 1.94. The Hall–Kier alpha value is -0.830. The van der Waals surface area contributed by atoms with E-state index in [0.717, 1.165) is 0 Å². The maximum absolute atomic E-state index is 5.77. The normalized spacial score (nSPS) is 13.3. The van der Waals surface area contributed by atoms with Gasteiger partial charge in [0.25, 0.3) is 0 Å². The Morgan fingerprint density at radius 1 is 1.29 bits per heavy atom. The molecule has 14 heavy (non-hydrogen) atoms. The highest BCUT2D eigenvalue weighted by Crippen LogP contribution is 2.31. The summed E-state index contributed by atoms with van der Waals surface area (Å²) in [6, 6.07) is 0. The average Bonchev–Trinajstić information content (AvgIpc) is 2.51. The molecule has 0 saturated carbocycles. The van der Waals surface area contributed by atoms with Crippen molar-refractivity contribution in [1.82, 2.24) is 10.2 Å². The molecule has 0 aliphatic carbocycles. The molecule has 0 fully saturated rings. The summed E-state index contributed by atoms with van der Waals surface area (Å²) in [6.45, 7) is 11.5. The zero-order valence-corrected chi connectivity index (χ0v) is 9.81. The third-order valence-corrected chi connectivity index (χ3v) is 2.63. The Morgan fingerprint density at radius 3 is 2.29 bits per heavy atom. The van der Waals surface area contributed by atoms with Crippen LogP contribution in [0.4, 0.5) is 0 Å². The van der Waals surface area contributed by atoms with Gasteiger partial charge in [-0.25, -0.2) is 0 Å². The molecule has 1 rings (SSSR count). The highest BCUT2D eigenvalue weighted by Gasteiger charge is 2.28. The van der Waals surface area contributed by atoms with Gasteiger partial charge in [0.15, 0.2) is 0 Å². The predicted molar refractivity (Wildman–Crippen MR) is 59.4 cm³/mol. The third-order valence-electron chi connectivity index (χ3n) is 2.63. The fourth-order valence-electron chi connectivity index (χ4n) is 1.48. The van der Waals surface area contributed by atoms with Crippen molar-refractivity contribution in [1.29, 1.82) is 0 Å². The first-order valence-corrected chi connectivity index (χ1v) is 5.03. The minimum Gasteiger partial charge on any atom is -0.330 e. The number of nitrogens with one attached hydrogen (secondary N) is 1. The number of hydrogen-bond acceptors (Lipinski definition) is 2. The maximum Gasteiger partial charge on any atom is 0.0528 e. The molecule has 0 amide bonds. The van der Waals surface area contributed by atoms with E-state index in [0.29, 0.717) is 6.54 Å². The molecule has 1 aromatic rings. The molecule has 0 atom stereocenters. The van der Waals surface area contributed by atoms with Crippen LogP contribution in [0.3, 0.4) is 0 Å². The number of aromatic nitrogens is 2. The summed E-state index contributed by atoms with van der Waals surface area (Å²) in [5.41, 5.74) is 8.28. The zero-order chi connectivity index (χ0) is 11.0. The van der Waals surface area contributed by atoms with Crippen molar-refractivity contribution in [3.63, 3.8) is 0 Å². The van der Waals surface area contributed by atoms with Gasteiger partial charge >= 0.3 is 0 Å². The van der Waals surface area contributed by atoms with Gasteiger partial charge in [-0.2, -0.15) is 5.10 Å². The van der Waals surface area contributed by atoms with Crippen molar-refractivity contribution >= 4 is 0 Å². The molecular weight excluding hydrogens is 174 g/mol. The second kappa shape index (κ2) is 3.39. The second-order valence-corrected chi connectivity index (χ2v) is 5.50. The van der Waals surface area contributed by atoms with Crippen LogP contribution in [0.25, 0.3) is 0 Å². The van der Waals surface area contributed by atoms with Crippen LogP contribution in [0.5, 0.6) is 0 Å². The first-order valence-electron chi connectivity index (χ1n) is 5.03. The lowest BCUT2D eigenvalue weighted by Crippen LogP contribution is -2.31. The van der Waals surface area contributed by atoms with Crippen molar-refractivity contribution in [3.8, 4) is 0 Å². The average molecular weight is 195 g/mol. The Morgan fingerprint density at radius 2 is 1.86 bits per heavy atom. The molecule has 1 heterocycles. The summed E-state index contributed by atoms with van der Waals surface area (Å²) in [4.78, 5) is 0. The van der Waals surface area contributed by atoms with E-state index in [-0.39, 0.29) is 10.8 Å². The lowest BCUT2D eigenvalue weighted by atomic mass is 9.78. The standard InChI is InChI=1S/C11H21N3/c1-10(2,3)9-8(6-13-14-9)11(4,5)7-12/h6H,7,12H2,1-5H3,(H,13,14). The van der Waals surface area contributed by atoms with Gasteiger partial charge in [0.05, 0.1) is 6.20 Å². The monoisotopic (exact) mass is 195 g/mol. The summed E-state index contributed by atoms with van der Waals surface area (Å²) in [7, 11) is 0. The van der Waals surface area contributed by atoms with Crippen LogP contribution in [0, 0.1) is 0 Å². The lowest BCUT2D eigenvalue weighted by Gasteiger charge is -2.27. The van der Waals surface area contributed by atoms with Crippen LogP contribution < -0.4 is 5.73 Å². The van der Waals surface area contributed by atoms with E-state index in [1.54, 1.807) is 0 Å². The number of hydrogen-bond donors (Lipinski definition) is 2. The maximum atomic E-state index is 5.77. The molecule has 0 aliphatic heterocycles. The number of rotatable bonds is 2. The number of H-pyrrole nitrogens is 1. The van der Waals surface area contributed by atoms with Crippen molar-refractivity contribution in [2.75, 3.05) is 6.54 Å². The molecule has 1 aromatic heterocycles.